The molecule has 0 radical (unpaired) electrons. The Balaban J connectivity index is 1.88. The molecule has 0 saturated heterocycles. The summed E-state index contributed by atoms with van der Waals surface area (Å²) in [4.78, 5) is 20.7. The van der Waals surface area contributed by atoms with Crippen molar-refractivity contribution in [3.05, 3.63) is 30.5 Å². The van der Waals surface area contributed by atoms with E-state index >= 15 is 0 Å². The van der Waals surface area contributed by atoms with E-state index in [-0.39, 0.29) is 5.97 Å². The maximum Gasteiger partial charge on any atom is 0.330 e. The number of carbonyl (C=O) groups excluding carboxylic acids is 1. The number of carbonyl (C=O) groups is 1. The van der Waals surface area contributed by atoms with Gasteiger partial charge in [0, 0.05) is 18.0 Å². The number of fused-ring (bicyclic) bond motifs is 1. The topological polar surface area (TPSA) is 52.1 Å². The highest BCUT2D eigenvalue weighted by Crippen LogP contribution is 2.27. The standard InChI is InChI=1S/C12H12N2O2S2/c1-2-16-10(15)6-4-8-17-12-14-9-5-3-7-13-11(9)18-12/h3-7H,2,8H2,1H3/b6-4+. The van der Waals surface area contributed by atoms with Crippen LogP contribution in [0.4, 0.5) is 0 Å². The molecule has 0 N–H and O–H groups in total. The normalized spacial score (nSPS) is 11.2. The molecule has 0 unspecified atom stereocenters. The lowest BCUT2D eigenvalue weighted by atomic mass is 10.5. The number of hydrogen-bond acceptors (Lipinski definition) is 6. The second-order valence-electron chi connectivity index (χ2n) is 3.27. The predicted molar refractivity (Wildman–Crippen MR) is 73.9 cm³/mol. The molecule has 6 heteroatoms. The fourth-order valence-corrected chi connectivity index (χ4v) is 3.08. The van der Waals surface area contributed by atoms with E-state index in [1.807, 2.05) is 12.1 Å². The smallest absolute Gasteiger partial charge is 0.330 e. The fourth-order valence-electron chi connectivity index (χ4n) is 1.27. The second kappa shape index (κ2) is 6.51. The number of hydrogen-bond donors (Lipinski definition) is 0. The number of nitrogens with zero attached hydrogens (tertiary/aromatic N) is 2. The van der Waals surface area contributed by atoms with Gasteiger partial charge in [-0.2, -0.15) is 0 Å². The highest BCUT2D eigenvalue weighted by Gasteiger charge is 2.03. The van der Waals surface area contributed by atoms with Gasteiger partial charge in [-0.15, -0.1) is 0 Å². The number of ether oxygens (including phenoxy) is 1. The van der Waals surface area contributed by atoms with Crippen LogP contribution in [0.5, 0.6) is 0 Å². The van der Waals surface area contributed by atoms with E-state index in [9.17, 15) is 4.79 Å². The molecule has 2 heterocycles. The summed E-state index contributed by atoms with van der Waals surface area (Å²) in [5.41, 5.74) is 0.916. The summed E-state index contributed by atoms with van der Waals surface area (Å²) >= 11 is 3.14. The minimum Gasteiger partial charge on any atom is -0.463 e. The Morgan fingerprint density at radius 3 is 3.28 bits per heavy atom. The minimum absolute atomic E-state index is 0.302. The van der Waals surface area contributed by atoms with Crippen molar-refractivity contribution in [2.45, 2.75) is 11.3 Å². The Morgan fingerprint density at radius 1 is 1.61 bits per heavy atom. The third-order valence-corrected chi connectivity index (χ3v) is 4.07. The van der Waals surface area contributed by atoms with Crippen LogP contribution < -0.4 is 0 Å². The van der Waals surface area contributed by atoms with Crippen LogP contribution >= 0.6 is 23.1 Å². The van der Waals surface area contributed by atoms with Crippen LogP contribution in [0.25, 0.3) is 10.3 Å². The average molecular weight is 280 g/mol. The third kappa shape index (κ3) is 3.54. The van der Waals surface area contributed by atoms with E-state index in [0.29, 0.717) is 12.4 Å². The van der Waals surface area contributed by atoms with E-state index in [1.54, 1.807) is 42.3 Å². The maximum atomic E-state index is 11.1. The first-order valence-corrected chi connectivity index (χ1v) is 7.27. The molecule has 0 saturated carbocycles. The summed E-state index contributed by atoms with van der Waals surface area (Å²) in [5, 5.41) is 0. The van der Waals surface area contributed by atoms with Gasteiger partial charge in [0.05, 0.1) is 6.61 Å². The first-order chi connectivity index (χ1) is 8.79. The monoisotopic (exact) mass is 280 g/mol. The van der Waals surface area contributed by atoms with E-state index in [4.69, 9.17) is 4.74 Å². The lowest BCUT2D eigenvalue weighted by Crippen LogP contribution is -1.98. The zero-order valence-electron chi connectivity index (χ0n) is 9.83. The Bertz CT molecular complexity index is 533. The zero-order chi connectivity index (χ0) is 12.8. The van der Waals surface area contributed by atoms with Crippen LogP contribution in [0, 0.1) is 0 Å². The Kier molecular flexibility index (Phi) is 4.72. The summed E-state index contributed by atoms with van der Waals surface area (Å²) in [6.07, 6.45) is 4.99. The molecule has 94 valence electrons. The number of pyridine rings is 1. The summed E-state index contributed by atoms with van der Waals surface area (Å²) in [7, 11) is 0. The van der Waals surface area contributed by atoms with Gasteiger partial charge >= 0.3 is 5.97 Å². The lowest BCUT2D eigenvalue weighted by Gasteiger charge is -1.94. The number of thioether (sulfide) groups is 1. The molecule has 0 fully saturated rings. The van der Waals surface area contributed by atoms with Crippen molar-refractivity contribution >= 4 is 39.4 Å². The number of thiazole rings is 1. The van der Waals surface area contributed by atoms with Gasteiger partial charge in [0.25, 0.3) is 0 Å². The maximum absolute atomic E-state index is 11.1. The molecule has 0 aliphatic heterocycles. The summed E-state index contributed by atoms with van der Waals surface area (Å²) in [6.45, 7) is 2.19. The number of aromatic nitrogens is 2. The molecular formula is C12H12N2O2S2. The van der Waals surface area contributed by atoms with Crippen molar-refractivity contribution in [2.75, 3.05) is 12.4 Å². The van der Waals surface area contributed by atoms with Crippen molar-refractivity contribution in [3.63, 3.8) is 0 Å². The number of esters is 1. The van der Waals surface area contributed by atoms with Crippen LogP contribution in [0.15, 0.2) is 34.8 Å². The largest absolute Gasteiger partial charge is 0.463 e. The highest BCUT2D eigenvalue weighted by atomic mass is 32.2. The molecule has 18 heavy (non-hydrogen) atoms. The van der Waals surface area contributed by atoms with Crippen molar-refractivity contribution in [1.29, 1.82) is 0 Å². The summed E-state index contributed by atoms with van der Waals surface area (Å²) < 4.78 is 5.74. The molecule has 0 aliphatic rings. The van der Waals surface area contributed by atoms with Gasteiger partial charge in [0.15, 0.2) is 4.34 Å². The van der Waals surface area contributed by atoms with E-state index in [2.05, 4.69) is 9.97 Å². The average Bonchev–Trinajstić information content (AvgIpc) is 2.77. The summed E-state index contributed by atoms with van der Waals surface area (Å²) in [6, 6.07) is 3.81. The molecule has 2 rings (SSSR count). The van der Waals surface area contributed by atoms with Gasteiger partial charge in [-0.05, 0) is 19.1 Å². The van der Waals surface area contributed by atoms with Crippen LogP contribution in [-0.2, 0) is 9.53 Å². The zero-order valence-corrected chi connectivity index (χ0v) is 11.5. The van der Waals surface area contributed by atoms with Gasteiger partial charge in [-0.1, -0.05) is 29.2 Å². The Morgan fingerprint density at radius 2 is 2.50 bits per heavy atom. The van der Waals surface area contributed by atoms with Crippen molar-refractivity contribution < 1.29 is 9.53 Å². The molecule has 4 nitrogen and oxygen atoms in total. The minimum atomic E-state index is -0.302. The van der Waals surface area contributed by atoms with Crippen LogP contribution in [-0.4, -0.2) is 28.3 Å². The molecule has 0 amide bonds. The SMILES string of the molecule is CCOC(=O)/C=C/CSc1nc2cccnc2s1. The molecular weight excluding hydrogens is 268 g/mol. The van der Waals surface area contributed by atoms with E-state index < -0.39 is 0 Å². The van der Waals surface area contributed by atoms with E-state index in [1.165, 1.54) is 6.08 Å². The second-order valence-corrected chi connectivity index (χ2v) is 5.52. The van der Waals surface area contributed by atoms with Gasteiger partial charge in [-0.3, -0.25) is 0 Å². The fraction of sp³-hybridized carbons (Fsp3) is 0.250. The molecule has 2 aromatic heterocycles. The Hall–Kier alpha value is -1.40. The third-order valence-electron chi connectivity index (χ3n) is 1.99. The van der Waals surface area contributed by atoms with Crippen LogP contribution in [0.1, 0.15) is 6.92 Å². The molecule has 0 aliphatic carbocycles. The van der Waals surface area contributed by atoms with Gasteiger partial charge in [0.1, 0.15) is 10.3 Å². The molecule has 0 bridgehead atoms. The van der Waals surface area contributed by atoms with Gasteiger partial charge in [0.2, 0.25) is 0 Å². The highest BCUT2D eigenvalue weighted by molar-refractivity contribution is 8.01. The molecule has 0 spiro atoms. The van der Waals surface area contributed by atoms with Gasteiger partial charge in [-0.25, -0.2) is 14.8 Å². The van der Waals surface area contributed by atoms with Crippen molar-refractivity contribution in [2.24, 2.45) is 0 Å². The Labute approximate surface area is 113 Å². The molecule has 2 aromatic rings. The van der Waals surface area contributed by atoms with Crippen molar-refractivity contribution in [1.82, 2.24) is 9.97 Å². The molecule has 0 aromatic carbocycles. The van der Waals surface area contributed by atoms with Crippen LogP contribution in [0.2, 0.25) is 0 Å². The van der Waals surface area contributed by atoms with Gasteiger partial charge < -0.3 is 4.74 Å². The van der Waals surface area contributed by atoms with Crippen LogP contribution in [0.3, 0.4) is 0 Å². The first-order valence-electron chi connectivity index (χ1n) is 5.47. The lowest BCUT2D eigenvalue weighted by molar-refractivity contribution is -0.137. The number of rotatable bonds is 5. The van der Waals surface area contributed by atoms with Crippen molar-refractivity contribution in [3.8, 4) is 0 Å². The molecule has 0 atom stereocenters. The predicted octanol–water partition coefficient (Wildman–Crippen LogP) is 2.90. The first kappa shape index (κ1) is 13.0. The quantitative estimate of drug-likeness (QED) is 0.479. The summed E-state index contributed by atoms with van der Waals surface area (Å²) in [5.74, 6) is 0.391. The van der Waals surface area contributed by atoms with E-state index in [0.717, 1.165) is 14.7 Å².